The molecule has 0 spiro atoms. The molecule has 33 heavy (non-hydrogen) atoms. The van der Waals surface area contributed by atoms with Crippen molar-refractivity contribution in [2.75, 3.05) is 46.4 Å². The van der Waals surface area contributed by atoms with E-state index in [-0.39, 0.29) is 59.4 Å². The number of nitrogens with zero attached hydrogens (tertiary/aromatic N) is 3. The molecule has 2 fully saturated rings. The number of rotatable bonds is 3. The van der Waals surface area contributed by atoms with Crippen LogP contribution in [-0.4, -0.2) is 90.6 Å². The highest BCUT2D eigenvalue weighted by Crippen LogP contribution is 2.43. The van der Waals surface area contributed by atoms with E-state index in [1.54, 1.807) is 7.11 Å². The number of hydrazine groups is 1. The number of phenolic OH excluding ortho intramolecular Hbond substituents is 1. The van der Waals surface area contributed by atoms with Crippen molar-refractivity contribution in [3.63, 3.8) is 0 Å². The second kappa shape index (κ2) is 8.79. The third-order valence-corrected chi connectivity index (χ3v) is 7.32. The van der Waals surface area contributed by atoms with Gasteiger partial charge in [0.15, 0.2) is 11.5 Å². The zero-order valence-corrected chi connectivity index (χ0v) is 19.4. The van der Waals surface area contributed by atoms with Crippen molar-refractivity contribution in [1.29, 1.82) is 0 Å². The Morgan fingerprint density at radius 2 is 2.18 bits per heavy atom. The van der Waals surface area contributed by atoms with Crippen molar-refractivity contribution in [2.45, 2.75) is 31.5 Å². The monoisotopic (exact) mass is 478 g/mol. The van der Waals surface area contributed by atoms with Gasteiger partial charge in [-0.3, -0.25) is 9.80 Å². The van der Waals surface area contributed by atoms with Crippen LogP contribution in [-0.2, 0) is 14.3 Å². The minimum atomic E-state index is -0.585. The minimum Gasteiger partial charge on any atom is -0.507 e. The van der Waals surface area contributed by atoms with Gasteiger partial charge in [0.2, 0.25) is 0 Å². The van der Waals surface area contributed by atoms with Gasteiger partial charge in [-0.25, -0.2) is 9.40 Å². The maximum absolute atomic E-state index is 14.9. The smallest absolute Gasteiger partial charge is 0.275 e. The Labute approximate surface area is 197 Å². The lowest BCUT2D eigenvalue weighted by Crippen LogP contribution is -2.57. The van der Waals surface area contributed by atoms with Gasteiger partial charge in [0.05, 0.1) is 29.3 Å². The Morgan fingerprint density at radius 3 is 2.91 bits per heavy atom. The van der Waals surface area contributed by atoms with E-state index in [9.17, 15) is 14.3 Å². The summed E-state index contributed by atoms with van der Waals surface area (Å²) in [7, 11) is 1.67. The number of carbonyl (C=O) groups is 1. The average Bonchev–Trinajstić information content (AvgIpc) is 3.11. The fraction of sp³-hybridized carbons (Fsp3) is 0.522. The third kappa shape index (κ3) is 3.77. The lowest BCUT2D eigenvalue weighted by Gasteiger charge is -2.42. The molecule has 0 saturated carbocycles. The van der Waals surface area contributed by atoms with E-state index in [2.05, 4.69) is 17.2 Å². The first-order valence-electron chi connectivity index (χ1n) is 11.2. The van der Waals surface area contributed by atoms with Crippen LogP contribution in [0.1, 0.15) is 18.9 Å². The number of benzene rings is 1. The molecule has 178 valence electrons. The van der Waals surface area contributed by atoms with E-state index in [1.807, 2.05) is 9.91 Å². The molecule has 2 N–H and O–H groups in total. The SMILES string of the molecule is CO[C@H]1C[C@H](C)N(N2CC(c3c(O)cccc3F)=C(Cl)C3=C2C(=O)N2CCNC[C@@H]2CO3)C1. The maximum Gasteiger partial charge on any atom is 0.275 e. The quantitative estimate of drug-likeness (QED) is 0.686. The van der Waals surface area contributed by atoms with Gasteiger partial charge in [-0.1, -0.05) is 17.7 Å². The molecule has 0 aliphatic carbocycles. The molecule has 4 aliphatic rings. The summed E-state index contributed by atoms with van der Waals surface area (Å²) in [5, 5.41) is 17.9. The fourth-order valence-corrected chi connectivity index (χ4v) is 5.48. The number of halogens is 2. The molecule has 0 radical (unpaired) electrons. The summed E-state index contributed by atoms with van der Waals surface area (Å²) in [6, 6.07) is 4.09. The number of aromatic hydroxyl groups is 1. The number of methoxy groups -OCH3 is 1. The molecular formula is C23H28ClFN4O4. The molecule has 8 nitrogen and oxygen atoms in total. The van der Waals surface area contributed by atoms with E-state index in [0.717, 1.165) is 6.42 Å². The summed E-state index contributed by atoms with van der Waals surface area (Å²) in [5.74, 6) is -0.721. The molecule has 5 rings (SSSR count). The normalized spacial score (nSPS) is 28.6. The molecule has 1 aromatic rings. The number of fused-ring (bicyclic) bond motifs is 1. The molecule has 1 amide bonds. The summed E-state index contributed by atoms with van der Waals surface area (Å²) >= 11 is 6.80. The number of phenols is 1. The van der Waals surface area contributed by atoms with Gasteiger partial charge in [-0.2, -0.15) is 0 Å². The van der Waals surface area contributed by atoms with Gasteiger partial charge < -0.3 is 24.8 Å². The second-order valence-electron chi connectivity index (χ2n) is 8.89. The minimum absolute atomic E-state index is 0.00414. The first-order valence-corrected chi connectivity index (χ1v) is 11.6. The van der Waals surface area contributed by atoms with Gasteiger partial charge in [0, 0.05) is 44.9 Å². The Bertz CT molecular complexity index is 1010. The summed E-state index contributed by atoms with van der Waals surface area (Å²) < 4.78 is 26.6. The van der Waals surface area contributed by atoms with Crippen LogP contribution in [0.2, 0.25) is 0 Å². The van der Waals surface area contributed by atoms with Crippen molar-refractivity contribution < 1.29 is 23.8 Å². The zero-order chi connectivity index (χ0) is 23.3. The number of hydrogen-bond donors (Lipinski definition) is 2. The maximum atomic E-state index is 14.9. The van der Waals surface area contributed by atoms with E-state index < -0.39 is 5.82 Å². The van der Waals surface area contributed by atoms with Gasteiger partial charge in [0.1, 0.15) is 18.2 Å². The van der Waals surface area contributed by atoms with Crippen LogP contribution in [0.25, 0.3) is 5.57 Å². The van der Waals surface area contributed by atoms with E-state index in [1.165, 1.54) is 18.2 Å². The van der Waals surface area contributed by atoms with Crippen LogP contribution in [0.5, 0.6) is 5.75 Å². The first kappa shape index (κ1) is 22.5. The largest absolute Gasteiger partial charge is 0.507 e. The van der Waals surface area contributed by atoms with Gasteiger partial charge >= 0.3 is 0 Å². The lowest BCUT2D eigenvalue weighted by molar-refractivity contribution is -0.134. The predicted molar refractivity (Wildman–Crippen MR) is 120 cm³/mol. The van der Waals surface area contributed by atoms with Crippen LogP contribution >= 0.6 is 11.6 Å². The Hall–Kier alpha value is -2.33. The fourth-order valence-electron chi connectivity index (χ4n) is 5.18. The summed E-state index contributed by atoms with van der Waals surface area (Å²) in [6.07, 6.45) is 0.794. The molecule has 0 unspecified atom stereocenters. The van der Waals surface area contributed by atoms with Crippen molar-refractivity contribution in [2.24, 2.45) is 0 Å². The summed E-state index contributed by atoms with van der Waals surface area (Å²) in [6.45, 7) is 4.92. The van der Waals surface area contributed by atoms with Crippen molar-refractivity contribution in [1.82, 2.24) is 20.2 Å². The standard InChI is InChI=1S/C23H28ClFN4O4/c1-13-8-15(32-2)10-28(13)29-11-16(19-17(25)4-3-5-18(19)30)20(24)22-21(29)23(31)27-7-6-26-9-14(27)12-33-22/h3-5,13-15,26,30H,6-12H2,1-2H3/t13-,14+,15-/m0/s1. The molecule has 1 aromatic carbocycles. The molecule has 3 atom stereocenters. The van der Waals surface area contributed by atoms with E-state index >= 15 is 0 Å². The molecular weight excluding hydrogens is 451 g/mol. The molecule has 0 aromatic heterocycles. The Morgan fingerprint density at radius 1 is 1.36 bits per heavy atom. The number of nitrogens with one attached hydrogen (secondary N) is 1. The van der Waals surface area contributed by atoms with Crippen molar-refractivity contribution in [3.05, 3.63) is 46.1 Å². The highest BCUT2D eigenvalue weighted by atomic mass is 35.5. The van der Waals surface area contributed by atoms with Gasteiger partial charge in [-0.05, 0) is 25.5 Å². The Balaban J connectivity index is 1.65. The van der Waals surface area contributed by atoms with Crippen LogP contribution in [0.3, 0.4) is 0 Å². The molecule has 10 heteroatoms. The molecule has 0 bridgehead atoms. The molecule has 2 saturated heterocycles. The van der Waals surface area contributed by atoms with Crippen molar-refractivity contribution in [3.8, 4) is 5.75 Å². The third-order valence-electron chi connectivity index (χ3n) is 6.92. The van der Waals surface area contributed by atoms with Crippen LogP contribution in [0.4, 0.5) is 4.39 Å². The van der Waals surface area contributed by atoms with Gasteiger partial charge in [0.25, 0.3) is 5.91 Å². The summed E-state index contributed by atoms with van der Waals surface area (Å²) in [4.78, 5) is 15.6. The number of piperazine rings is 1. The number of allylic oxidation sites excluding steroid dienone is 1. The number of carbonyl (C=O) groups excluding carboxylic acids is 1. The number of ether oxygens (including phenoxy) is 2. The molecule has 4 aliphatic heterocycles. The highest BCUT2D eigenvalue weighted by Gasteiger charge is 2.45. The molecule has 4 heterocycles. The zero-order valence-electron chi connectivity index (χ0n) is 18.7. The van der Waals surface area contributed by atoms with Crippen LogP contribution in [0, 0.1) is 5.82 Å². The van der Waals surface area contributed by atoms with E-state index in [4.69, 9.17) is 21.1 Å². The van der Waals surface area contributed by atoms with Crippen molar-refractivity contribution >= 4 is 23.1 Å². The predicted octanol–water partition coefficient (Wildman–Crippen LogP) is 1.86. The topological polar surface area (TPSA) is 77.5 Å². The first-order chi connectivity index (χ1) is 15.9. The second-order valence-corrected chi connectivity index (χ2v) is 9.27. The van der Waals surface area contributed by atoms with E-state index in [0.29, 0.717) is 37.4 Å². The Kier molecular flexibility index (Phi) is 5.98. The highest BCUT2D eigenvalue weighted by molar-refractivity contribution is 6.35. The average molecular weight is 479 g/mol. The lowest BCUT2D eigenvalue weighted by atomic mass is 9.99. The summed E-state index contributed by atoms with van der Waals surface area (Å²) in [5.41, 5.74) is 0.756. The number of amides is 1. The van der Waals surface area contributed by atoms with Crippen LogP contribution < -0.4 is 5.32 Å². The number of hydrogen-bond acceptors (Lipinski definition) is 7. The van der Waals surface area contributed by atoms with Crippen LogP contribution in [0.15, 0.2) is 34.7 Å². The van der Waals surface area contributed by atoms with Gasteiger partial charge in [-0.15, -0.1) is 0 Å².